The summed E-state index contributed by atoms with van der Waals surface area (Å²) in [6.07, 6.45) is -0.134. The van der Waals surface area contributed by atoms with E-state index in [1.165, 1.54) is 0 Å². The van der Waals surface area contributed by atoms with Gasteiger partial charge in [0, 0.05) is 5.56 Å². The minimum absolute atomic E-state index is 0.134. The molecule has 0 heterocycles. The van der Waals surface area contributed by atoms with Crippen LogP contribution in [0.25, 0.3) is 0 Å². The number of thiocarbonyl (C=S) groups is 1. The van der Waals surface area contributed by atoms with Crippen LogP contribution in [0, 0.1) is 0 Å². The average Bonchev–Trinajstić information content (AvgIpc) is 2.37. The van der Waals surface area contributed by atoms with E-state index in [9.17, 15) is 13.2 Å². The van der Waals surface area contributed by atoms with Gasteiger partial charge in [-0.1, -0.05) is 30.4 Å². The van der Waals surface area contributed by atoms with E-state index in [-0.39, 0.29) is 29.5 Å². The van der Waals surface area contributed by atoms with Crippen LogP contribution in [-0.4, -0.2) is 31.7 Å². The van der Waals surface area contributed by atoms with Gasteiger partial charge in [0.2, 0.25) is 0 Å². The fourth-order valence-corrected chi connectivity index (χ4v) is 3.05. The molecule has 1 aromatic carbocycles. The van der Waals surface area contributed by atoms with Crippen LogP contribution in [0.1, 0.15) is 24.5 Å². The number of carbonyl (C=O) groups excluding carboxylic acids is 1. The minimum Gasteiger partial charge on any atom is -0.466 e. The lowest BCUT2D eigenvalue weighted by molar-refractivity contribution is -0.142. The molecule has 0 atom stereocenters. The van der Waals surface area contributed by atoms with Crippen molar-refractivity contribution in [2.75, 3.05) is 12.4 Å². The molecule has 20 heavy (non-hydrogen) atoms. The zero-order chi connectivity index (χ0) is 15.2. The van der Waals surface area contributed by atoms with Gasteiger partial charge < -0.3 is 10.5 Å². The lowest BCUT2D eigenvalue weighted by atomic mass is 10.1. The molecule has 7 heteroatoms. The Labute approximate surface area is 124 Å². The maximum atomic E-state index is 11.9. The molecular formula is C13H17NO4S2. The number of esters is 1. The van der Waals surface area contributed by atoms with Crippen LogP contribution in [0.4, 0.5) is 0 Å². The molecule has 0 aliphatic rings. The Morgan fingerprint density at radius 3 is 2.70 bits per heavy atom. The first-order valence-corrected chi connectivity index (χ1v) is 8.32. The Morgan fingerprint density at radius 2 is 2.10 bits per heavy atom. The fourth-order valence-electron chi connectivity index (χ4n) is 1.61. The monoisotopic (exact) mass is 315 g/mol. The van der Waals surface area contributed by atoms with Crippen molar-refractivity contribution in [3.8, 4) is 0 Å². The van der Waals surface area contributed by atoms with Crippen molar-refractivity contribution in [3.05, 3.63) is 35.4 Å². The van der Waals surface area contributed by atoms with Gasteiger partial charge in [-0.25, -0.2) is 8.42 Å². The zero-order valence-electron chi connectivity index (χ0n) is 11.2. The molecule has 0 aliphatic heterocycles. The first-order valence-electron chi connectivity index (χ1n) is 6.09. The SMILES string of the molecule is CCOC(=O)CCS(=O)(=O)Cc1cccc(C(N)=S)c1. The van der Waals surface area contributed by atoms with E-state index in [1.807, 2.05) is 0 Å². The molecule has 1 rings (SSSR count). The maximum absolute atomic E-state index is 11.9. The Bertz CT molecular complexity index is 596. The van der Waals surface area contributed by atoms with Crippen LogP contribution >= 0.6 is 12.2 Å². The summed E-state index contributed by atoms with van der Waals surface area (Å²) < 4.78 is 28.5. The lowest BCUT2D eigenvalue weighted by Crippen LogP contribution is -2.15. The largest absolute Gasteiger partial charge is 0.466 e. The summed E-state index contributed by atoms with van der Waals surface area (Å²) in [5, 5.41) is 0. The van der Waals surface area contributed by atoms with Crippen LogP contribution in [0.2, 0.25) is 0 Å². The molecule has 0 saturated heterocycles. The topological polar surface area (TPSA) is 86.5 Å². The van der Waals surface area contributed by atoms with Crippen molar-refractivity contribution in [3.63, 3.8) is 0 Å². The Kier molecular flexibility index (Phi) is 6.09. The summed E-state index contributed by atoms with van der Waals surface area (Å²) in [5.74, 6) is -0.889. The van der Waals surface area contributed by atoms with Crippen LogP contribution in [-0.2, 0) is 25.1 Å². The lowest BCUT2D eigenvalue weighted by Gasteiger charge is -2.06. The molecule has 110 valence electrons. The van der Waals surface area contributed by atoms with E-state index in [1.54, 1.807) is 31.2 Å². The normalized spacial score (nSPS) is 11.1. The van der Waals surface area contributed by atoms with Crippen molar-refractivity contribution < 1.29 is 17.9 Å². The molecule has 0 radical (unpaired) electrons. The Balaban J connectivity index is 2.69. The summed E-state index contributed by atoms with van der Waals surface area (Å²) >= 11 is 4.84. The van der Waals surface area contributed by atoms with E-state index in [4.69, 9.17) is 22.7 Å². The second kappa shape index (κ2) is 7.35. The highest BCUT2D eigenvalue weighted by molar-refractivity contribution is 7.90. The molecule has 0 aromatic heterocycles. The predicted octanol–water partition coefficient (Wildman–Crippen LogP) is 1.19. The van der Waals surface area contributed by atoms with Crippen LogP contribution in [0.5, 0.6) is 0 Å². The molecule has 0 bridgehead atoms. The van der Waals surface area contributed by atoms with Gasteiger partial charge in [-0.05, 0) is 18.6 Å². The molecule has 1 aromatic rings. The summed E-state index contributed by atoms with van der Waals surface area (Å²) in [6, 6.07) is 6.75. The van der Waals surface area contributed by atoms with E-state index >= 15 is 0 Å². The first-order chi connectivity index (χ1) is 9.34. The van der Waals surface area contributed by atoms with Crippen LogP contribution < -0.4 is 5.73 Å². The molecule has 0 aliphatic carbocycles. The first kappa shape index (κ1) is 16.6. The Morgan fingerprint density at radius 1 is 1.40 bits per heavy atom. The average molecular weight is 315 g/mol. The van der Waals surface area contributed by atoms with E-state index in [0.717, 1.165) is 0 Å². The van der Waals surface area contributed by atoms with Gasteiger partial charge in [-0.2, -0.15) is 0 Å². The maximum Gasteiger partial charge on any atom is 0.306 e. The third kappa shape index (κ3) is 5.66. The second-order valence-electron chi connectivity index (χ2n) is 4.21. The van der Waals surface area contributed by atoms with Gasteiger partial charge in [-0.3, -0.25) is 4.79 Å². The van der Waals surface area contributed by atoms with Gasteiger partial charge in [0.05, 0.1) is 24.5 Å². The zero-order valence-corrected chi connectivity index (χ0v) is 12.8. The van der Waals surface area contributed by atoms with Gasteiger partial charge in [0.1, 0.15) is 4.99 Å². The number of hydrogen-bond acceptors (Lipinski definition) is 5. The third-order valence-corrected chi connectivity index (χ3v) is 4.36. The van der Waals surface area contributed by atoms with E-state index < -0.39 is 15.8 Å². The third-order valence-electron chi connectivity index (χ3n) is 2.52. The van der Waals surface area contributed by atoms with E-state index in [0.29, 0.717) is 11.1 Å². The standard InChI is InChI=1S/C13H17NO4S2/c1-2-18-12(15)6-7-20(16,17)9-10-4-3-5-11(8-10)13(14)19/h3-5,8H,2,6-7,9H2,1H3,(H2,14,19). The highest BCUT2D eigenvalue weighted by Crippen LogP contribution is 2.11. The van der Waals surface area contributed by atoms with Crippen molar-refractivity contribution in [1.82, 2.24) is 0 Å². The molecule has 0 fully saturated rings. The highest BCUT2D eigenvalue weighted by Gasteiger charge is 2.15. The molecule has 2 N–H and O–H groups in total. The number of carbonyl (C=O) groups is 1. The highest BCUT2D eigenvalue weighted by atomic mass is 32.2. The number of rotatable bonds is 7. The number of benzene rings is 1. The minimum atomic E-state index is -3.38. The number of ether oxygens (including phenoxy) is 1. The van der Waals surface area contributed by atoms with Crippen LogP contribution in [0.15, 0.2) is 24.3 Å². The number of sulfone groups is 1. The summed E-state index contributed by atoms with van der Waals surface area (Å²) in [6.45, 7) is 1.92. The van der Waals surface area contributed by atoms with Gasteiger partial charge in [0.25, 0.3) is 0 Å². The number of nitrogens with two attached hydrogens (primary N) is 1. The summed E-state index contributed by atoms with van der Waals surface area (Å²) in [5.41, 5.74) is 6.72. The Hall–Kier alpha value is -1.47. The fraction of sp³-hybridized carbons (Fsp3) is 0.385. The van der Waals surface area contributed by atoms with Crippen molar-refractivity contribution in [2.24, 2.45) is 5.73 Å². The smallest absolute Gasteiger partial charge is 0.306 e. The van der Waals surface area contributed by atoms with Crippen molar-refractivity contribution >= 4 is 33.0 Å². The molecule has 5 nitrogen and oxygen atoms in total. The van der Waals surface area contributed by atoms with Crippen molar-refractivity contribution in [2.45, 2.75) is 19.1 Å². The number of hydrogen-bond donors (Lipinski definition) is 1. The molecule has 0 unspecified atom stereocenters. The molecule has 0 saturated carbocycles. The molecular weight excluding hydrogens is 298 g/mol. The quantitative estimate of drug-likeness (QED) is 0.601. The van der Waals surface area contributed by atoms with Crippen molar-refractivity contribution in [1.29, 1.82) is 0 Å². The summed E-state index contributed by atoms with van der Waals surface area (Å²) in [4.78, 5) is 11.4. The van der Waals surface area contributed by atoms with E-state index in [2.05, 4.69) is 0 Å². The molecule has 0 amide bonds. The second-order valence-corrected chi connectivity index (χ2v) is 6.84. The summed E-state index contributed by atoms with van der Waals surface area (Å²) in [7, 11) is -3.38. The molecule has 0 spiro atoms. The predicted molar refractivity (Wildman–Crippen MR) is 81.1 cm³/mol. The van der Waals surface area contributed by atoms with Gasteiger partial charge >= 0.3 is 5.97 Å². The van der Waals surface area contributed by atoms with Gasteiger partial charge in [-0.15, -0.1) is 0 Å². The van der Waals surface area contributed by atoms with Crippen LogP contribution in [0.3, 0.4) is 0 Å². The van der Waals surface area contributed by atoms with Gasteiger partial charge in [0.15, 0.2) is 9.84 Å².